The first kappa shape index (κ1) is 18.2. The maximum absolute atomic E-state index is 13.0. The molecule has 134 valence electrons. The SMILES string of the molecule is O=C(O)c1ccc(CNS(=O)(=O)c2csc(-c3ccc(F)cc3)n2)cc1. The van der Waals surface area contributed by atoms with Gasteiger partial charge in [-0.25, -0.2) is 27.3 Å². The lowest BCUT2D eigenvalue weighted by molar-refractivity contribution is 0.0697. The molecule has 0 bridgehead atoms. The minimum Gasteiger partial charge on any atom is -0.478 e. The van der Waals surface area contributed by atoms with Crippen LogP contribution in [0.3, 0.4) is 0 Å². The molecule has 0 aliphatic rings. The highest BCUT2D eigenvalue weighted by molar-refractivity contribution is 7.89. The van der Waals surface area contributed by atoms with Crippen LogP contribution >= 0.6 is 11.3 Å². The molecule has 0 radical (unpaired) electrons. The van der Waals surface area contributed by atoms with Crippen LogP contribution in [0.2, 0.25) is 0 Å². The Balaban J connectivity index is 1.72. The number of hydrogen-bond donors (Lipinski definition) is 2. The average Bonchev–Trinajstić information content (AvgIpc) is 3.12. The van der Waals surface area contributed by atoms with Gasteiger partial charge in [0.15, 0.2) is 5.03 Å². The van der Waals surface area contributed by atoms with E-state index in [-0.39, 0.29) is 23.0 Å². The first-order valence-electron chi connectivity index (χ1n) is 7.38. The molecule has 0 unspecified atom stereocenters. The predicted molar refractivity (Wildman–Crippen MR) is 94.9 cm³/mol. The van der Waals surface area contributed by atoms with E-state index in [4.69, 9.17) is 5.11 Å². The Morgan fingerprint density at radius 1 is 1.12 bits per heavy atom. The van der Waals surface area contributed by atoms with Crippen molar-refractivity contribution in [3.05, 3.63) is 70.9 Å². The van der Waals surface area contributed by atoms with Crippen molar-refractivity contribution in [2.24, 2.45) is 0 Å². The molecule has 26 heavy (non-hydrogen) atoms. The second-order valence-corrected chi connectivity index (χ2v) is 7.90. The van der Waals surface area contributed by atoms with Gasteiger partial charge in [0.1, 0.15) is 10.8 Å². The summed E-state index contributed by atoms with van der Waals surface area (Å²) in [6, 6.07) is 11.5. The van der Waals surface area contributed by atoms with E-state index in [1.54, 1.807) is 0 Å². The summed E-state index contributed by atoms with van der Waals surface area (Å²) in [7, 11) is -3.82. The van der Waals surface area contributed by atoms with Crippen molar-refractivity contribution in [2.45, 2.75) is 11.6 Å². The quantitative estimate of drug-likeness (QED) is 0.672. The number of aromatic carboxylic acids is 1. The molecule has 1 aromatic heterocycles. The molecule has 0 spiro atoms. The molecule has 0 fully saturated rings. The summed E-state index contributed by atoms with van der Waals surface area (Å²) < 4.78 is 40.1. The van der Waals surface area contributed by atoms with Gasteiger partial charge in [-0.15, -0.1) is 11.3 Å². The number of thiazole rings is 1. The number of halogens is 1. The standard InChI is InChI=1S/C17H13FN2O4S2/c18-14-7-5-12(6-8-14)16-20-15(10-25-16)26(23,24)19-9-11-1-3-13(4-2-11)17(21)22/h1-8,10,19H,9H2,(H,21,22). The number of rotatable bonds is 6. The number of nitrogens with one attached hydrogen (secondary N) is 1. The van der Waals surface area contributed by atoms with Crippen LogP contribution in [0.15, 0.2) is 58.9 Å². The molecule has 0 atom stereocenters. The Morgan fingerprint density at radius 2 is 1.77 bits per heavy atom. The normalized spacial score (nSPS) is 11.4. The van der Waals surface area contributed by atoms with E-state index in [2.05, 4.69) is 9.71 Å². The molecule has 6 nitrogen and oxygen atoms in total. The van der Waals surface area contributed by atoms with E-state index >= 15 is 0 Å². The molecule has 3 aromatic rings. The number of aromatic nitrogens is 1. The van der Waals surface area contributed by atoms with Gasteiger partial charge in [-0.05, 0) is 42.0 Å². The van der Waals surface area contributed by atoms with Gasteiger partial charge in [0.05, 0.1) is 5.56 Å². The number of carboxylic acids is 1. The summed E-state index contributed by atoms with van der Waals surface area (Å²) >= 11 is 1.14. The summed E-state index contributed by atoms with van der Waals surface area (Å²) in [4.78, 5) is 14.9. The fourth-order valence-electron chi connectivity index (χ4n) is 2.12. The molecule has 9 heteroatoms. The van der Waals surface area contributed by atoms with Crippen molar-refractivity contribution >= 4 is 27.3 Å². The summed E-state index contributed by atoms with van der Waals surface area (Å²) in [5.74, 6) is -1.43. The zero-order valence-corrected chi connectivity index (χ0v) is 14.8. The highest BCUT2D eigenvalue weighted by atomic mass is 32.2. The third kappa shape index (κ3) is 4.13. The highest BCUT2D eigenvalue weighted by Crippen LogP contribution is 2.25. The number of benzene rings is 2. The van der Waals surface area contributed by atoms with Crippen molar-refractivity contribution in [2.75, 3.05) is 0 Å². The van der Waals surface area contributed by atoms with Crippen molar-refractivity contribution in [1.82, 2.24) is 9.71 Å². The highest BCUT2D eigenvalue weighted by Gasteiger charge is 2.18. The lowest BCUT2D eigenvalue weighted by Crippen LogP contribution is -2.23. The third-order valence-corrected chi connectivity index (χ3v) is 5.84. The van der Waals surface area contributed by atoms with Crippen LogP contribution in [0.5, 0.6) is 0 Å². The minimum absolute atomic E-state index is 0.00560. The average molecular weight is 392 g/mol. The summed E-state index contributed by atoms with van der Waals surface area (Å²) in [6.45, 7) is 0.00560. The van der Waals surface area contributed by atoms with E-state index in [0.717, 1.165) is 11.3 Å². The van der Waals surface area contributed by atoms with Gasteiger partial charge in [-0.3, -0.25) is 0 Å². The van der Waals surface area contributed by atoms with E-state index in [1.807, 2.05) is 0 Å². The number of carboxylic acid groups (broad SMARTS) is 1. The van der Waals surface area contributed by atoms with Crippen LogP contribution in [0, 0.1) is 5.82 Å². The molecule has 0 saturated carbocycles. The monoisotopic (exact) mass is 392 g/mol. The smallest absolute Gasteiger partial charge is 0.335 e. The second-order valence-electron chi connectivity index (χ2n) is 5.32. The first-order valence-corrected chi connectivity index (χ1v) is 9.75. The van der Waals surface area contributed by atoms with Gasteiger partial charge in [-0.2, -0.15) is 0 Å². The second kappa shape index (κ2) is 7.32. The van der Waals surface area contributed by atoms with Crippen molar-refractivity contribution in [1.29, 1.82) is 0 Å². The molecule has 2 aromatic carbocycles. The summed E-state index contributed by atoms with van der Waals surface area (Å²) in [5.41, 5.74) is 1.37. The van der Waals surface area contributed by atoms with Crippen LogP contribution in [0.1, 0.15) is 15.9 Å². The Labute approximate surface area is 153 Å². The third-order valence-electron chi connectivity index (χ3n) is 3.52. The number of sulfonamides is 1. The lowest BCUT2D eigenvalue weighted by atomic mass is 10.1. The molecule has 0 saturated heterocycles. The summed E-state index contributed by atoms with van der Waals surface area (Å²) in [5, 5.41) is 10.6. The maximum atomic E-state index is 13.0. The van der Waals surface area contributed by atoms with Gasteiger partial charge in [0.2, 0.25) is 0 Å². The first-order chi connectivity index (χ1) is 12.3. The Hall–Kier alpha value is -2.62. The van der Waals surface area contributed by atoms with Gasteiger partial charge in [0.25, 0.3) is 10.0 Å². The predicted octanol–water partition coefficient (Wildman–Crippen LogP) is 3.13. The van der Waals surface area contributed by atoms with Crippen molar-refractivity contribution in [3.63, 3.8) is 0 Å². The molecule has 3 rings (SSSR count). The maximum Gasteiger partial charge on any atom is 0.335 e. The molecular weight excluding hydrogens is 379 g/mol. The largest absolute Gasteiger partial charge is 0.478 e. The zero-order valence-electron chi connectivity index (χ0n) is 13.2. The Bertz CT molecular complexity index is 1030. The number of nitrogens with zero attached hydrogens (tertiary/aromatic N) is 1. The number of carbonyl (C=O) groups is 1. The van der Waals surface area contributed by atoms with Gasteiger partial charge in [0, 0.05) is 17.5 Å². The van der Waals surface area contributed by atoms with Crippen LogP contribution in [-0.4, -0.2) is 24.5 Å². The van der Waals surface area contributed by atoms with E-state index in [0.29, 0.717) is 16.1 Å². The fraction of sp³-hybridized carbons (Fsp3) is 0.0588. The minimum atomic E-state index is -3.82. The van der Waals surface area contributed by atoms with Crippen LogP contribution in [-0.2, 0) is 16.6 Å². The topological polar surface area (TPSA) is 96.4 Å². The molecule has 2 N–H and O–H groups in total. The zero-order chi connectivity index (χ0) is 18.7. The molecule has 1 heterocycles. The van der Waals surface area contributed by atoms with Crippen molar-refractivity contribution < 1.29 is 22.7 Å². The number of hydrogen-bond acceptors (Lipinski definition) is 5. The van der Waals surface area contributed by atoms with E-state index < -0.39 is 16.0 Å². The van der Waals surface area contributed by atoms with Gasteiger partial charge < -0.3 is 5.11 Å². The van der Waals surface area contributed by atoms with Crippen molar-refractivity contribution in [3.8, 4) is 10.6 Å². The van der Waals surface area contributed by atoms with E-state index in [9.17, 15) is 17.6 Å². The van der Waals surface area contributed by atoms with E-state index in [1.165, 1.54) is 53.9 Å². The van der Waals surface area contributed by atoms with Gasteiger partial charge in [-0.1, -0.05) is 12.1 Å². The Kier molecular flexibility index (Phi) is 5.12. The molecule has 0 aliphatic heterocycles. The summed E-state index contributed by atoms with van der Waals surface area (Å²) in [6.07, 6.45) is 0. The lowest BCUT2D eigenvalue weighted by Gasteiger charge is -2.05. The molecular formula is C17H13FN2O4S2. The van der Waals surface area contributed by atoms with Crippen LogP contribution in [0.25, 0.3) is 10.6 Å². The van der Waals surface area contributed by atoms with Crippen LogP contribution < -0.4 is 4.72 Å². The fourth-order valence-corrected chi connectivity index (χ4v) is 4.24. The van der Waals surface area contributed by atoms with Gasteiger partial charge >= 0.3 is 5.97 Å². The Morgan fingerprint density at radius 3 is 2.38 bits per heavy atom. The van der Waals surface area contributed by atoms with Crippen LogP contribution in [0.4, 0.5) is 4.39 Å². The molecule has 0 aliphatic carbocycles. The molecule has 0 amide bonds.